The summed E-state index contributed by atoms with van der Waals surface area (Å²) < 4.78 is 0. The van der Waals surface area contributed by atoms with E-state index >= 15 is 0 Å². The zero-order valence-electron chi connectivity index (χ0n) is 13.7. The van der Waals surface area contributed by atoms with Crippen LogP contribution in [0.5, 0.6) is 0 Å². The summed E-state index contributed by atoms with van der Waals surface area (Å²) in [5.41, 5.74) is 0. The molecule has 0 aromatic heterocycles. The third-order valence-corrected chi connectivity index (χ3v) is 6.18. The van der Waals surface area contributed by atoms with Gasteiger partial charge in [0, 0.05) is 25.0 Å². The summed E-state index contributed by atoms with van der Waals surface area (Å²) in [5.74, 6) is 2.04. The van der Waals surface area contributed by atoms with Crippen LogP contribution < -0.4 is 5.32 Å². The van der Waals surface area contributed by atoms with Gasteiger partial charge in [0.1, 0.15) is 0 Å². The molecule has 0 radical (unpaired) electrons. The van der Waals surface area contributed by atoms with Gasteiger partial charge in [-0.3, -0.25) is 4.79 Å². The van der Waals surface area contributed by atoms with Crippen LogP contribution in [0.2, 0.25) is 0 Å². The van der Waals surface area contributed by atoms with Crippen molar-refractivity contribution in [1.82, 2.24) is 10.2 Å². The number of nitrogens with one attached hydrogen (secondary N) is 1. The number of carbonyl (C=O) groups is 1. The first kappa shape index (κ1) is 15.3. The molecule has 2 saturated heterocycles. The summed E-state index contributed by atoms with van der Waals surface area (Å²) >= 11 is 0. The standard InChI is InChI=1S/C18H32N2O/c1-14-11-13-20(17-8-3-2-7-16(14)17)18(21)10-9-15-6-4-5-12-19-15/h14-17,19H,2-13H2,1H3. The average Bonchev–Trinajstić information content (AvgIpc) is 2.54. The molecule has 3 rings (SSSR count). The largest absolute Gasteiger partial charge is 0.339 e. The molecule has 4 unspecified atom stereocenters. The molecule has 0 bridgehead atoms. The van der Waals surface area contributed by atoms with E-state index < -0.39 is 0 Å². The molecule has 3 fully saturated rings. The number of fused-ring (bicyclic) bond motifs is 1. The van der Waals surface area contributed by atoms with Crippen molar-refractivity contribution in [3.63, 3.8) is 0 Å². The van der Waals surface area contributed by atoms with Crippen LogP contribution in [0.1, 0.15) is 71.1 Å². The molecule has 0 spiro atoms. The van der Waals surface area contributed by atoms with E-state index in [1.807, 2.05) is 0 Å². The molecular weight excluding hydrogens is 260 g/mol. The highest BCUT2D eigenvalue weighted by Crippen LogP contribution is 2.39. The minimum atomic E-state index is 0.436. The van der Waals surface area contributed by atoms with E-state index in [1.165, 1.54) is 51.4 Å². The Bertz CT molecular complexity index is 351. The number of nitrogens with zero attached hydrogens (tertiary/aromatic N) is 1. The van der Waals surface area contributed by atoms with E-state index in [-0.39, 0.29) is 0 Å². The third-order valence-electron chi connectivity index (χ3n) is 6.18. The Balaban J connectivity index is 1.53. The summed E-state index contributed by atoms with van der Waals surface area (Å²) in [4.78, 5) is 15.0. The van der Waals surface area contributed by atoms with Gasteiger partial charge in [-0.05, 0) is 56.9 Å². The predicted octanol–water partition coefficient (Wildman–Crippen LogP) is 3.34. The number of hydrogen-bond acceptors (Lipinski definition) is 2. The highest BCUT2D eigenvalue weighted by atomic mass is 16.2. The highest BCUT2D eigenvalue weighted by molar-refractivity contribution is 5.76. The molecule has 3 aliphatic rings. The Morgan fingerprint density at radius 3 is 2.71 bits per heavy atom. The Morgan fingerprint density at radius 1 is 1.10 bits per heavy atom. The Hall–Kier alpha value is -0.570. The van der Waals surface area contributed by atoms with Crippen molar-refractivity contribution in [2.75, 3.05) is 13.1 Å². The van der Waals surface area contributed by atoms with Gasteiger partial charge < -0.3 is 10.2 Å². The topological polar surface area (TPSA) is 32.3 Å². The van der Waals surface area contributed by atoms with Crippen molar-refractivity contribution in [2.45, 2.75) is 83.2 Å². The van der Waals surface area contributed by atoms with Gasteiger partial charge in [-0.15, -0.1) is 0 Å². The lowest BCUT2D eigenvalue weighted by atomic mass is 9.72. The fourth-order valence-corrected chi connectivity index (χ4v) is 4.83. The fraction of sp³-hybridized carbons (Fsp3) is 0.944. The first-order valence-corrected chi connectivity index (χ1v) is 9.28. The maximum Gasteiger partial charge on any atom is 0.222 e. The summed E-state index contributed by atoms with van der Waals surface area (Å²) in [6.07, 6.45) is 12.2. The lowest BCUT2D eigenvalue weighted by Crippen LogP contribution is -2.52. The first-order valence-electron chi connectivity index (χ1n) is 9.28. The molecule has 4 atom stereocenters. The molecule has 1 amide bonds. The summed E-state index contributed by atoms with van der Waals surface area (Å²) in [6, 6.07) is 1.16. The molecule has 120 valence electrons. The smallest absolute Gasteiger partial charge is 0.222 e. The van der Waals surface area contributed by atoms with Crippen molar-refractivity contribution in [3.8, 4) is 0 Å². The van der Waals surface area contributed by atoms with Crippen molar-refractivity contribution >= 4 is 5.91 Å². The number of rotatable bonds is 3. The number of hydrogen-bond donors (Lipinski definition) is 1. The number of piperidine rings is 2. The molecule has 0 aromatic rings. The minimum absolute atomic E-state index is 0.436. The van der Waals surface area contributed by atoms with Crippen LogP contribution in [-0.4, -0.2) is 36.0 Å². The van der Waals surface area contributed by atoms with Crippen molar-refractivity contribution in [1.29, 1.82) is 0 Å². The van der Waals surface area contributed by atoms with Crippen LogP contribution in [0.25, 0.3) is 0 Å². The van der Waals surface area contributed by atoms with Crippen molar-refractivity contribution < 1.29 is 4.79 Å². The molecule has 21 heavy (non-hydrogen) atoms. The van der Waals surface area contributed by atoms with Crippen LogP contribution >= 0.6 is 0 Å². The van der Waals surface area contributed by atoms with E-state index in [4.69, 9.17) is 0 Å². The van der Waals surface area contributed by atoms with Crippen LogP contribution in [0.3, 0.4) is 0 Å². The van der Waals surface area contributed by atoms with Crippen LogP contribution in [-0.2, 0) is 4.79 Å². The van der Waals surface area contributed by atoms with Crippen molar-refractivity contribution in [3.05, 3.63) is 0 Å². The number of carbonyl (C=O) groups excluding carboxylic acids is 1. The van der Waals surface area contributed by atoms with Gasteiger partial charge in [0.2, 0.25) is 5.91 Å². The van der Waals surface area contributed by atoms with Crippen LogP contribution in [0, 0.1) is 11.8 Å². The molecular formula is C18H32N2O. The molecule has 1 saturated carbocycles. The van der Waals surface area contributed by atoms with E-state index in [2.05, 4.69) is 17.1 Å². The second kappa shape index (κ2) is 7.13. The van der Waals surface area contributed by atoms with E-state index in [0.29, 0.717) is 18.0 Å². The fourth-order valence-electron chi connectivity index (χ4n) is 4.83. The second-order valence-corrected chi connectivity index (χ2v) is 7.55. The number of likely N-dealkylation sites (tertiary alicyclic amines) is 1. The maximum atomic E-state index is 12.7. The van der Waals surface area contributed by atoms with Gasteiger partial charge in [0.15, 0.2) is 0 Å². The molecule has 3 nitrogen and oxygen atoms in total. The SMILES string of the molecule is CC1CCN(C(=O)CCC2CCCCN2)C2CCCCC12. The van der Waals surface area contributed by atoms with Gasteiger partial charge in [-0.2, -0.15) is 0 Å². The van der Waals surface area contributed by atoms with E-state index in [9.17, 15) is 4.79 Å². The summed E-state index contributed by atoms with van der Waals surface area (Å²) in [5, 5.41) is 3.57. The zero-order valence-corrected chi connectivity index (χ0v) is 13.7. The second-order valence-electron chi connectivity index (χ2n) is 7.55. The van der Waals surface area contributed by atoms with Gasteiger partial charge in [0.25, 0.3) is 0 Å². The quantitative estimate of drug-likeness (QED) is 0.865. The van der Waals surface area contributed by atoms with E-state index in [1.54, 1.807) is 0 Å². The average molecular weight is 292 g/mol. The first-order chi connectivity index (χ1) is 10.3. The molecule has 2 heterocycles. The molecule has 1 aliphatic carbocycles. The zero-order chi connectivity index (χ0) is 14.7. The Morgan fingerprint density at radius 2 is 1.90 bits per heavy atom. The minimum Gasteiger partial charge on any atom is -0.339 e. The summed E-state index contributed by atoms with van der Waals surface area (Å²) in [7, 11) is 0. The van der Waals surface area contributed by atoms with Crippen molar-refractivity contribution in [2.24, 2.45) is 11.8 Å². The Labute approximate surface area is 129 Å². The lowest BCUT2D eigenvalue weighted by molar-refractivity contribution is -0.139. The number of amides is 1. The molecule has 2 aliphatic heterocycles. The van der Waals surface area contributed by atoms with Crippen LogP contribution in [0.4, 0.5) is 0 Å². The lowest BCUT2D eigenvalue weighted by Gasteiger charge is -2.47. The van der Waals surface area contributed by atoms with E-state index in [0.717, 1.165) is 37.8 Å². The maximum absolute atomic E-state index is 12.7. The molecule has 0 aromatic carbocycles. The molecule has 3 heteroatoms. The monoisotopic (exact) mass is 292 g/mol. The van der Waals surface area contributed by atoms with Gasteiger partial charge in [0.05, 0.1) is 0 Å². The summed E-state index contributed by atoms with van der Waals surface area (Å²) in [6.45, 7) is 4.56. The van der Waals surface area contributed by atoms with Crippen LogP contribution in [0.15, 0.2) is 0 Å². The normalized spacial score (nSPS) is 37.1. The third kappa shape index (κ3) is 3.61. The molecule has 1 N–H and O–H groups in total. The van der Waals surface area contributed by atoms with Gasteiger partial charge >= 0.3 is 0 Å². The Kier molecular flexibility index (Phi) is 5.20. The van der Waals surface area contributed by atoms with Gasteiger partial charge in [-0.1, -0.05) is 26.2 Å². The van der Waals surface area contributed by atoms with Gasteiger partial charge in [-0.25, -0.2) is 0 Å². The highest BCUT2D eigenvalue weighted by Gasteiger charge is 2.39. The predicted molar refractivity (Wildman–Crippen MR) is 86.1 cm³/mol.